The molecular weight excluding hydrogens is 959 g/mol. The smallest absolute Gasteiger partial charge is 0.251 e. The molecular formula is C72H125NO5. The number of fused-ring (bicyclic) bond motifs is 3. The maximum absolute atomic E-state index is 14.4. The monoisotopic (exact) mass is 1080 g/mol. The Morgan fingerprint density at radius 2 is 0.590 bits per heavy atom. The second-order valence-electron chi connectivity index (χ2n) is 24.4. The van der Waals surface area contributed by atoms with E-state index in [9.17, 15) is 9.59 Å². The zero-order chi connectivity index (χ0) is 55.5. The molecule has 0 fully saturated rings. The fraction of sp³-hybridized carbons (Fsp3) is 0.806. The molecule has 0 bridgehead atoms. The number of hydrogen-bond donors (Lipinski definition) is 1. The number of rotatable bonds is 59. The topological polar surface area (TPSA) is 73.9 Å². The van der Waals surface area contributed by atoms with Crippen LogP contribution in [0, 0.1) is 0 Å². The van der Waals surface area contributed by atoms with Gasteiger partial charge in [-0.1, -0.05) is 340 Å². The van der Waals surface area contributed by atoms with E-state index in [1.165, 1.54) is 270 Å². The number of hydrogen-bond acceptors (Lipinski definition) is 5. The Morgan fingerprint density at radius 1 is 0.333 bits per heavy atom. The summed E-state index contributed by atoms with van der Waals surface area (Å²) in [6.07, 6.45) is 64.3. The number of nitrogens with one attached hydrogen (secondary N) is 1. The SMILES string of the molecule is CCCCCCCCCCCCCCCCCCOCC(COCCCCCCCCCCCCCCCCCC)(COCCCCCCCCCCCCCCCCCC)NC(=O)c1ccc2c(c1)C(=O)c1ccccc1-2. The summed E-state index contributed by atoms with van der Waals surface area (Å²) < 4.78 is 19.6. The van der Waals surface area contributed by atoms with Crippen LogP contribution in [0.15, 0.2) is 42.5 Å². The van der Waals surface area contributed by atoms with Gasteiger partial charge >= 0.3 is 0 Å². The molecule has 1 amide bonds. The van der Waals surface area contributed by atoms with Crippen molar-refractivity contribution in [3.05, 3.63) is 59.2 Å². The maximum Gasteiger partial charge on any atom is 0.251 e. The van der Waals surface area contributed by atoms with Crippen molar-refractivity contribution in [2.45, 2.75) is 335 Å². The lowest BCUT2D eigenvalue weighted by Gasteiger charge is -2.34. The number of carbonyl (C=O) groups is 2. The summed E-state index contributed by atoms with van der Waals surface area (Å²) in [5.74, 6) is -0.238. The largest absolute Gasteiger partial charge is 0.379 e. The van der Waals surface area contributed by atoms with Gasteiger partial charge in [-0.25, -0.2) is 0 Å². The zero-order valence-corrected chi connectivity index (χ0v) is 51.8. The normalized spacial score (nSPS) is 12.2. The summed E-state index contributed by atoms with van der Waals surface area (Å²) in [6, 6.07) is 13.3. The van der Waals surface area contributed by atoms with Gasteiger partial charge in [0.15, 0.2) is 5.78 Å². The van der Waals surface area contributed by atoms with Gasteiger partial charge in [-0.15, -0.1) is 0 Å². The Labute approximate surface area is 483 Å². The van der Waals surface area contributed by atoms with Crippen molar-refractivity contribution >= 4 is 11.7 Å². The third-order valence-corrected chi connectivity index (χ3v) is 16.9. The quantitative estimate of drug-likeness (QED) is 0.0570. The van der Waals surface area contributed by atoms with Crippen molar-refractivity contribution in [2.24, 2.45) is 0 Å². The van der Waals surface area contributed by atoms with E-state index >= 15 is 0 Å². The van der Waals surface area contributed by atoms with Gasteiger partial charge in [0.1, 0.15) is 5.54 Å². The van der Waals surface area contributed by atoms with E-state index in [1.807, 2.05) is 36.4 Å². The number of benzene rings is 2. The van der Waals surface area contributed by atoms with Gasteiger partial charge in [-0.05, 0) is 42.5 Å². The van der Waals surface area contributed by atoms with Crippen LogP contribution in [0.5, 0.6) is 0 Å². The average Bonchev–Trinajstić information content (AvgIpc) is 3.77. The molecule has 6 heteroatoms. The summed E-state index contributed by atoms with van der Waals surface area (Å²) in [5, 5.41) is 3.42. The highest BCUT2D eigenvalue weighted by Gasteiger charge is 2.35. The van der Waals surface area contributed by atoms with Crippen molar-refractivity contribution in [3.8, 4) is 11.1 Å². The van der Waals surface area contributed by atoms with Crippen LogP contribution in [0.4, 0.5) is 0 Å². The molecule has 78 heavy (non-hydrogen) atoms. The highest BCUT2D eigenvalue weighted by molar-refractivity contribution is 6.22. The Balaban J connectivity index is 1.49. The van der Waals surface area contributed by atoms with Crippen LogP contribution in [0.2, 0.25) is 0 Å². The van der Waals surface area contributed by atoms with Gasteiger partial charge in [0.05, 0.1) is 19.8 Å². The summed E-state index contributed by atoms with van der Waals surface area (Å²) in [4.78, 5) is 28.0. The minimum Gasteiger partial charge on any atom is -0.379 e. The Hall–Kier alpha value is -2.54. The highest BCUT2D eigenvalue weighted by Crippen LogP contribution is 2.37. The molecule has 448 valence electrons. The van der Waals surface area contributed by atoms with E-state index < -0.39 is 5.54 Å². The number of ether oxygens (including phenoxy) is 3. The first-order chi connectivity index (χ1) is 38.5. The lowest BCUT2D eigenvalue weighted by molar-refractivity contribution is -0.0384. The Kier molecular flexibility index (Phi) is 44.9. The fourth-order valence-corrected chi connectivity index (χ4v) is 11.8. The van der Waals surface area contributed by atoms with Crippen molar-refractivity contribution in [3.63, 3.8) is 0 Å². The molecule has 0 atom stereocenters. The van der Waals surface area contributed by atoms with Gasteiger partial charge in [-0.3, -0.25) is 9.59 Å². The van der Waals surface area contributed by atoms with Gasteiger partial charge in [0.2, 0.25) is 0 Å². The van der Waals surface area contributed by atoms with Crippen LogP contribution < -0.4 is 5.32 Å². The molecule has 1 aliphatic rings. The molecule has 0 radical (unpaired) electrons. The van der Waals surface area contributed by atoms with Crippen LogP contribution in [0.3, 0.4) is 0 Å². The van der Waals surface area contributed by atoms with Crippen LogP contribution in [-0.2, 0) is 14.2 Å². The molecule has 0 heterocycles. The molecule has 1 aliphatic carbocycles. The summed E-state index contributed by atoms with van der Waals surface area (Å²) in [5.41, 5.74) is 2.74. The second-order valence-corrected chi connectivity index (χ2v) is 24.4. The van der Waals surface area contributed by atoms with E-state index in [0.29, 0.717) is 56.3 Å². The van der Waals surface area contributed by atoms with Crippen LogP contribution in [0.25, 0.3) is 11.1 Å². The average molecular weight is 1080 g/mol. The lowest BCUT2D eigenvalue weighted by atomic mass is 9.99. The Morgan fingerprint density at radius 3 is 0.885 bits per heavy atom. The van der Waals surface area contributed by atoms with Gasteiger partial charge in [-0.2, -0.15) is 0 Å². The molecule has 0 aromatic heterocycles. The van der Waals surface area contributed by atoms with Crippen molar-refractivity contribution in [2.75, 3.05) is 39.6 Å². The second kappa shape index (κ2) is 50.2. The molecule has 0 unspecified atom stereocenters. The third-order valence-electron chi connectivity index (χ3n) is 16.9. The van der Waals surface area contributed by atoms with E-state index in [0.717, 1.165) is 49.7 Å². The maximum atomic E-state index is 14.4. The molecule has 0 saturated heterocycles. The molecule has 0 aliphatic heterocycles. The third kappa shape index (κ3) is 34.7. The number of ketones is 1. The summed E-state index contributed by atoms with van der Waals surface area (Å²) in [7, 11) is 0. The highest BCUT2D eigenvalue weighted by atomic mass is 16.5. The van der Waals surface area contributed by atoms with E-state index in [2.05, 4.69) is 26.1 Å². The molecule has 6 nitrogen and oxygen atoms in total. The van der Waals surface area contributed by atoms with Gasteiger partial charge in [0.25, 0.3) is 5.91 Å². The Bertz CT molecular complexity index is 1590. The zero-order valence-electron chi connectivity index (χ0n) is 51.8. The minimum absolute atomic E-state index is 0.0204. The van der Waals surface area contributed by atoms with Gasteiger partial charge < -0.3 is 19.5 Å². The molecule has 1 N–H and O–H groups in total. The molecule has 2 aromatic carbocycles. The number of amides is 1. The first-order valence-corrected chi connectivity index (χ1v) is 34.4. The molecule has 2 aromatic rings. The summed E-state index contributed by atoms with van der Waals surface area (Å²) >= 11 is 0. The van der Waals surface area contributed by atoms with E-state index in [4.69, 9.17) is 14.2 Å². The predicted molar refractivity (Wildman–Crippen MR) is 337 cm³/mol. The van der Waals surface area contributed by atoms with Crippen LogP contribution >= 0.6 is 0 Å². The van der Waals surface area contributed by atoms with Gasteiger partial charge in [0, 0.05) is 36.5 Å². The fourth-order valence-electron chi connectivity index (χ4n) is 11.8. The minimum atomic E-state index is -0.859. The summed E-state index contributed by atoms with van der Waals surface area (Å²) in [6.45, 7) is 9.82. The molecule has 0 spiro atoms. The van der Waals surface area contributed by atoms with Crippen molar-refractivity contribution in [1.82, 2.24) is 5.32 Å². The van der Waals surface area contributed by atoms with Crippen LogP contribution in [-0.4, -0.2) is 56.9 Å². The first kappa shape index (κ1) is 69.7. The van der Waals surface area contributed by atoms with Crippen LogP contribution in [0.1, 0.15) is 355 Å². The number of carbonyl (C=O) groups excluding carboxylic acids is 2. The van der Waals surface area contributed by atoms with E-state index in [1.54, 1.807) is 6.07 Å². The lowest BCUT2D eigenvalue weighted by Crippen LogP contribution is -2.58. The van der Waals surface area contributed by atoms with E-state index in [-0.39, 0.29) is 11.7 Å². The first-order valence-electron chi connectivity index (χ1n) is 34.4. The number of unbranched alkanes of at least 4 members (excludes halogenated alkanes) is 45. The molecule has 0 saturated carbocycles. The molecule has 3 rings (SSSR count). The van der Waals surface area contributed by atoms with Crippen molar-refractivity contribution < 1.29 is 23.8 Å². The predicted octanol–water partition coefficient (Wildman–Crippen LogP) is 22.2. The van der Waals surface area contributed by atoms with Crippen molar-refractivity contribution in [1.29, 1.82) is 0 Å². The standard InChI is InChI=1S/C72H125NO5/c1-4-7-10-13-16-19-22-25-28-31-34-37-40-43-46-51-58-76-62-72(63-77-59-52-47-44-41-38-35-32-29-26-23-20-17-14-11-8-5-2,64-78-60-53-48-45-42-39-36-33-30-27-24-21-18-15-12-9-6-3)73-71(75)65-56-57-67-66-54-49-50-55-68(66)70(74)69(67)61-65/h49-50,54-57,61H,4-48,51-53,58-60,62-64H2,1-3H3,(H,73,75).